The first-order chi connectivity index (χ1) is 24.8. The van der Waals surface area contributed by atoms with Crippen molar-refractivity contribution in [2.45, 2.75) is 65.3 Å². The molecule has 1 saturated carbocycles. The third kappa shape index (κ3) is 10.9. The lowest BCUT2D eigenvalue weighted by atomic mass is 9.81. The van der Waals surface area contributed by atoms with Crippen LogP contribution >= 0.6 is 12.4 Å². The van der Waals surface area contributed by atoms with Gasteiger partial charge in [-0.05, 0) is 135 Å². The standard InChI is InChI=1S/C39H51N9O3.ClH/c1-4-48(5-2)22-6-21-41-37(49)32-17-20-34(26(3)23-32)29-11-7-27(8-12-29)24-35(43-38(50)31-13-9-28(25-40)10-14-31)39(51)42-33-18-15-30(16-19-33)36-44-46-47-45-36;/h7-8,11-12,15-20,23,28,31,35H,4-6,9-10,13-14,21-22,24-25,40H2,1-3H3,(H,41,49)(H,42,51)(H,43,50)(H,44,45,46,47);1H/t28?,31?,35-;/m0./s1. The van der Waals surface area contributed by atoms with Gasteiger partial charge in [0.05, 0.1) is 0 Å². The van der Waals surface area contributed by atoms with Crippen LogP contribution in [-0.4, -0.2) is 82.0 Å². The Hall–Kier alpha value is -4.65. The smallest absolute Gasteiger partial charge is 0.251 e. The van der Waals surface area contributed by atoms with Crippen molar-refractivity contribution in [1.82, 2.24) is 36.2 Å². The van der Waals surface area contributed by atoms with E-state index in [1.54, 1.807) is 24.3 Å². The Kier molecular flexibility index (Phi) is 15.3. The number of aryl methyl sites for hydroxylation is 1. The van der Waals surface area contributed by atoms with E-state index in [0.717, 1.165) is 79.6 Å². The van der Waals surface area contributed by atoms with Gasteiger partial charge in [-0.25, -0.2) is 0 Å². The zero-order chi connectivity index (χ0) is 36.2. The third-order valence-corrected chi connectivity index (χ3v) is 9.96. The quantitative estimate of drug-likeness (QED) is 0.0986. The highest BCUT2D eigenvalue weighted by molar-refractivity contribution is 5.98. The summed E-state index contributed by atoms with van der Waals surface area (Å²) in [7, 11) is 0. The Morgan fingerprint density at radius 3 is 2.25 bits per heavy atom. The molecule has 0 aliphatic heterocycles. The lowest BCUT2D eigenvalue weighted by Gasteiger charge is -2.28. The molecule has 0 unspecified atom stereocenters. The van der Waals surface area contributed by atoms with Crippen molar-refractivity contribution in [3.63, 3.8) is 0 Å². The number of carbonyl (C=O) groups is 3. The number of benzene rings is 3. The molecule has 5 rings (SSSR count). The zero-order valence-electron chi connectivity index (χ0n) is 30.4. The molecule has 1 aromatic heterocycles. The van der Waals surface area contributed by atoms with Crippen LogP contribution < -0.4 is 21.7 Å². The molecule has 1 atom stereocenters. The first-order valence-corrected chi connectivity index (χ1v) is 18.1. The van der Waals surface area contributed by atoms with E-state index in [1.165, 1.54) is 0 Å². The van der Waals surface area contributed by atoms with Gasteiger partial charge in [-0.2, -0.15) is 5.21 Å². The van der Waals surface area contributed by atoms with E-state index in [1.807, 2.05) is 49.4 Å². The van der Waals surface area contributed by atoms with E-state index in [0.29, 0.717) is 42.5 Å². The van der Waals surface area contributed by atoms with Crippen molar-refractivity contribution in [2.24, 2.45) is 17.6 Å². The highest BCUT2D eigenvalue weighted by Gasteiger charge is 2.29. The van der Waals surface area contributed by atoms with Crippen LogP contribution in [0.25, 0.3) is 22.5 Å². The lowest BCUT2D eigenvalue weighted by molar-refractivity contribution is -0.130. The predicted molar refractivity (Wildman–Crippen MR) is 207 cm³/mol. The lowest BCUT2D eigenvalue weighted by Crippen LogP contribution is -2.48. The molecule has 3 amide bonds. The number of halogens is 1. The molecule has 1 fully saturated rings. The van der Waals surface area contributed by atoms with Crippen molar-refractivity contribution < 1.29 is 14.4 Å². The van der Waals surface area contributed by atoms with E-state index >= 15 is 0 Å². The second-order valence-corrected chi connectivity index (χ2v) is 13.4. The molecule has 0 saturated heterocycles. The molecule has 1 heterocycles. The van der Waals surface area contributed by atoms with Crippen LogP contribution in [-0.2, 0) is 16.0 Å². The van der Waals surface area contributed by atoms with Gasteiger partial charge in [-0.15, -0.1) is 22.6 Å². The second-order valence-electron chi connectivity index (χ2n) is 13.4. The minimum atomic E-state index is -0.779. The summed E-state index contributed by atoms with van der Waals surface area (Å²) >= 11 is 0. The summed E-state index contributed by atoms with van der Waals surface area (Å²) < 4.78 is 0. The fourth-order valence-electron chi connectivity index (χ4n) is 6.71. The molecule has 4 aromatic rings. The Morgan fingerprint density at radius 2 is 1.63 bits per heavy atom. The van der Waals surface area contributed by atoms with Gasteiger partial charge in [0.1, 0.15) is 6.04 Å². The largest absolute Gasteiger partial charge is 0.352 e. The van der Waals surface area contributed by atoms with Gasteiger partial charge < -0.3 is 26.6 Å². The molecule has 3 aromatic carbocycles. The van der Waals surface area contributed by atoms with Crippen molar-refractivity contribution in [2.75, 3.05) is 38.0 Å². The molecule has 0 bridgehead atoms. The maximum absolute atomic E-state index is 13.7. The number of nitrogens with zero attached hydrogens (tertiary/aromatic N) is 4. The number of amides is 3. The minimum absolute atomic E-state index is 0. The van der Waals surface area contributed by atoms with Gasteiger partial charge in [0.15, 0.2) is 0 Å². The Bertz CT molecular complexity index is 1720. The van der Waals surface area contributed by atoms with E-state index in [4.69, 9.17) is 5.73 Å². The average Bonchev–Trinajstić information content (AvgIpc) is 3.70. The van der Waals surface area contributed by atoms with Crippen LogP contribution in [0, 0.1) is 18.8 Å². The summed E-state index contributed by atoms with van der Waals surface area (Å²) in [4.78, 5) is 42.3. The van der Waals surface area contributed by atoms with Crippen molar-refractivity contribution in [3.05, 3.63) is 83.4 Å². The first-order valence-electron chi connectivity index (χ1n) is 18.1. The van der Waals surface area contributed by atoms with E-state index in [-0.39, 0.29) is 36.0 Å². The number of carbonyl (C=O) groups excluding carboxylic acids is 3. The SMILES string of the molecule is CCN(CC)CCCNC(=O)c1ccc(-c2ccc(C[C@H](NC(=O)C3CCC(CN)CC3)C(=O)Nc3ccc(-c4nn[nH]n4)cc3)cc2)c(C)c1.Cl. The summed E-state index contributed by atoms with van der Waals surface area (Å²) in [6.45, 7) is 10.6. The highest BCUT2D eigenvalue weighted by Crippen LogP contribution is 2.29. The Labute approximate surface area is 312 Å². The Balaban J connectivity index is 0.00000605. The van der Waals surface area contributed by atoms with Crippen molar-refractivity contribution in [1.29, 1.82) is 0 Å². The van der Waals surface area contributed by atoms with Crippen LogP contribution in [0.5, 0.6) is 0 Å². The van der Waals surface area contributed by atoms with Crippen LogP contribution in [0.4, 0.5) is 5.69 Å². The van der Waals surface area contributed by atoms with Gasteiger partial charge >= 0.3 is 0 Å². The number of rotatable bonds is 16. The number of nitrogens with one attached hydrogen (secondary N) is 4. The van der Waals surface area contributed by atoms with Crippen molar-refractivity contribution >= 4 is 35.8 Å². The van der Waals surface area contributed by atoms with Crippen LogP contribution in [0.2, 0.25) is 0 Å². The molecule has 52 heavy (non-hydrogen) atoms. The van der Waals surface area contributed by atoms with Crippen LogP contribution in [0.15, 0.2) is 66.7 Å². The number of anilines is 1. The fourth-order valence-corrected chi connectivity index (χ4v) is 6.71. The summed E-state index contributed by atoms with van der Waals surface area (Å²) in [6.07, 6.45) is 4.61. The third-order valence-electron chi connectivity index (χ3n) is 9.96. The molecule has 0 radical (unpaired) electrons. The van der Waals surface area contributed by atoms with Gasteiger partial charge in [0, 0.05) is 35.7 Å². The van der Waals surface area contributed by atoms with E-state index in [2.05, 4.69) is 55.3 Å². The number of H-pyrrole nitrogens is 1. The molecule has 12 nitrogen and oxygen atoms in total. The van der Waals surface area contributed by atoms with Gasteiger partial charge in [0.25, 0.3) is 5.91 Å². The van der Waals surface area contributed by atoms with Gasteiger partial charge in [-0.1, -0.05) is 44.2 Å². The van der Waals surface area contributed by atoms with Gasteiger partial charge in [-0.3, -0.25) is 14.4 Å². The molecule has 13 heteroatoms. The minimum Gasteiger partial charge on any atom is -0.352 e. The van der Waals surface area contributed by atoms with Crippen LogP contribution in [0.3, 0.4) is 0 Å². The van der Waals surface area contributed by atoms with Crippen LogP contribution in [0.1, 0.15) is 67.4 Å². The number of nitrogens with two attached hydrogens (primary N) is 1. The molecule has 1 aliphatic rings. The number of hydrogen-bond donors (Lipinski definition) is 5. The average molecular weight is 730 g/mol. The number of hydrogen-bond acceptors (Lipinski definition) is 8. The first kappa shape index (κ1) is 40.1. The molecule has 278 valence electrons. The van der Waals surface area contributed by atoms with Crippen molar-refractivity contribution in [3.8, 4) is 22.5 Å². The van der Waals surface area contributed by atoms with E-state index < -0.39 is 6.04 Å². The molecular weight excluding hydrogens is 678 g/mol. The number of aromatic amines is 1. The number of aromatic nitrogens is 4. The maximum Gasteiger partial charge on any atom is 0.251 e. The molecular formula is C39H52ClN9O3. The second kappa shape index (κ2) is 19.8. The van der Waals surface area contributed by atoms with Gasteiger partial charge in [0.2, 0.25) is 17.6 Å². The highest BCUT2D eigenvalue weighted by atomic mass is 35.5. The summed E-state index contributed by atoms with van der Waals surface area (Å²) in [5.41, 5.74) is 11.8. The zero-order valence-corrected chi connectivity index (χ0v) is 31.2. The normalized spacial score (nSPS) is 16.1. The monoisotopic (exact) mass is 729 g/mol. The summed E-state index contributed by atoms with van der Waals surface area (Å²) in [6, 6.07) is 20.2. The summed E-state index contributed by atoms with van der Waals surface area (Å²) in [5.74, 6) is 0.305. The maximum atomic E-state index is 13.7. The molecule has 0 spiro atoms. The summed E-state index contributed by atoms with van der Waals surface area (Å²) in [5, 5.41) is 23.1. The van der Waals surface area contributed by atoms with E-state index in [9.17, 15) is 14.4 Å². The number of tetrazole rings is 1. The Morgan fingerprint density at radius 1 is 0.942 bits per heavy atom. The molecule has 1 aliphatic carbocycles. The topological polar surface area (TPSA) is 171 Å². The predicted octanol–water partition coefficient (Wildman–Crippen LogP) is 5.16. The fraction of sp³-hybridized carbons (Fsp3) is 0.436. The molecule has 6 N–H and O–H groups in total.